The topological polar surface area (TPSA) is 35.2 Å². The number of rotatable bonds is 5. The highest BCUT2D eigenvalue weighted by molar-refractivity contribution is 5.42. The van der Waals surface area contributed by atoms with Crippen molar-refractivity contribution >= 4 is 0 Å². The fourth-order valence-corrected chi connectivity index (χ4v) is 2.06. The molecule has 0 radical (unpaired) electrons. The maximum absolute atomic E-state index is 5.97. The minimum absolute atomic E-state index is 0.261. The second-order valence-electron chi connectivity index (χ2n) is 4.72. The van der Waals surface area contributed by atoms with E-state index in [2.05, 4.69) is 25.1 Å². The minimum atomic E-state index is 0.261. The lowest BCUT2D eigenvalue weighted by Crippen LogP contribution is -2.21. The molecule has 0 amide bonds. The van der Waals surface area contributed by atoms with Gasteiger partial charge in [-0.1, -0.05) is 19.1 Å². The van der Waals surface area contributed by atoms with Crippen LogP contribution in [0.1, 0.15) is 43.2 Å². The molecule has 1 fully saturated rings. The van der Waals surface area contributed by atoms with Crippen LogP contribution in [-0.4, -0.2) is 13.2 Å². The Kier molecular flexibility index (Phi) is 3.49. The lowest BCUT2D eigenvalue weighted by atomic mass is 10.0. The smallest absolute Gasteiger partial charge is 0.122 e. The number of methoxy groups -OCH3 is 1. The molecule has 1 aromatic rings. The molecule has 2 nitrogen and oxygen atoms in total. The summed E-state index contributed by atoms with van der Waals surface area (Å²) in [6.07, 6.45) is 4.58. The van der Waals surface area contributed by atoms with E-state index in [0.29, 0.717) is 0 Å². The molecule has 0 unspecified atom stereocenters. The fraction of sp³-hybridized carbons (Fsp3) is 0.571. The average molecular weight is 219 g/mol. The zero-order valence-electron chi connectivity index (χ0n) is 10.2. The van der Waals surface area contributed by atoms with Gasteiger partial charge in [-0.3, -0.25) is 0 Å². The number of benzene rings is 1. The minimum Gasteiger partial charge on any atom is -0.496 e. The molecule has 88 valence electrons. The zero-order chi connectivity index (χ0) is 11.5. The lowest BCUT2D eigenvalue weighted by Gasteiger charge is -2.12. The van der Waals surface area contributed by atoms with Crippen molar-refractivity contribution < 1.29 is 4.74 Å². The van der Waals surface area contributed by atoms with Crippen LogP contribution in [-0.2, 0) is 6.42 Å². The largest absolute Gasteiger partial charge is 0.496 e. The van der Waals surface area contributed by atoms with Crippen molar-refractivity contribution in [3.8, 4) is 5.75 Å². The maximum atomic E-state index is 5.97. The summed E-state index contributed by atoms with van der Waals surface area (Å²) in [5.74, 6) is 1.78. The van der Waals surface area contributed by atoms with Crippen LogP contribution in [0.4, 0.5) is 0 Å². The molecule has 1 atom stereocenters. The van der Waals surface area contributed by atoms with Gasteiger partial charge in [-0.15, -0.1) is 0 Å². The Balaban J connectivity index is 2.15. The molecule has 0 saturated heterocycles. The van der Waals surface area contributed by atoms with E-state index in [9.17, 15) is 0 Å². The van der Waals surface area contributed by atoms with Crippen molar-refractivity contribution in [2.45, 2.75) is 44.6 Å². The third-order valence-corrected chi connectivity index (χ3v) is 3.34. The van der Waals surface area contributed by atoms with Crippen LogP contribution >= 0.6 is 0 Å². The van der Waals surface area contributed by atoms with E-state index >= 15 is 0 Å². The van der Waals surface area contributed by atoms with E-state index in [4.69, 9.17) is 10.5 Å². The number of hydrogen-bond donors (Lipinski definition) is 1. The molecule has 16 heavy (non-hydrogen) atoms. The van der Waals surface area contributed by atoms with Gasteiger partial charge in [0.25, 0.3) is 0 Å². The Hall–Kier alpha value is -1.02. The predicted octanol–water partition coefficient (Wildman–Crippen LogP) is 2.85. The highest BCUT2D eigenvalue weighted by Crippen LogP contribution is 2.44. The van der Waals surface area contributed by atoms with Crippen molar-refractivity contribution in [2.24, 2.45) is 5.73 Å². The van der Waals surface area contributed by atoms with E-state index in [1.165, 1.54) is 24.0 Å². The number of hydrogen-bond acceptors (Lipinski definition) is 2. The van der Waals surface area contributed by atoms with Crippen molar-refractivity contribution in [1.29, 1.82) is 0 Å². The van der Waals surface area contributed by atoms with Gasteiger partial charge in [0.2, 0.25) is 0 Å². The molecular weight excluding hydrogens is 198 g/mol. The summed E-state index contributed by atoms with van der Waals surface area (Å²) in [5, 5.41) is 0. The van der Waals surface area contributed by atoms with Gasteiger partial charge in [-0.2, -0.15) is 0 Å². The quantitative estimate of drug-likeness (QED) is 0.826. The molecule has 1 aliphatic rings. The summed E-state index contributed by atoms with van der Waals surface area (Å²) in [5.41, 5.74) is 8.63. The standard InChI is InChI=1S/C14H21NO/c1-3-12(15)8-10-4-7-13(11-5-6-11)14(9-10)16-2/h4,7,9,11-12H,3,5-6,8,15H2,1-2H3/t12-/m0/s1. The second-order valence-corrected chi connectivity index (χ2v) is 4.72. The van der Waals surface area contributed by atoms with Crippen LogP contribution in [0.25, 0.3) is 0 Å². The second kappa shape index (κ2) is 4.88. The highest BCUT2D eigenvalue weighted by atomic mass is 16.5. The van der Waals surface area contributed by atoms with Gasteiger partial charge in [-0.25, -0.2) is 0 Å². The third-order valence-electron chi connectivity index (χ3n) is 3.34. The monoisotopic (exact) mass is 219 g/mol. The molecule has 1 saturated carbocycles. The van der Waals surface area contributed by atoms with Crippen LogP contribution in [0.2, 0.25) is 0 Å². The maximum Gasteiger partial charge on any atom is 0.122 e. The van der Waals surface area contributed by atoms with Crippen LogP contribution in [0.3, 0.4) is 0 Å². The summed E-state index contributed by atoms with van der Waals surface area (Å²) in [4.78, 5) is 0. The Morgan fingerprint density at radius 3 is 2.75 bits per heavy atom. The van der Waals surface area contributed by atoms with Crippen LogP contribution in [0.5, 0.6) is 5.75 Å². The fourth-order valence-electron chi connectivity index (χ4n) is 2.06. The Morgan fingerprint density at radius 2 is 2.19 bits per heavy atom. The first-order chi connectivity index (χ1) is 7.74. The number of nitrogens with two attached hydrogens (primary N) is 1. The van der Waals surface area contributed by atoms with E-state index in [-0.39, 0.29) is 6.04 Å². The molecule has 1 aromatic carbocycles. The molecule has 0 spiro atoms. The normalized spacial score (nSPS) is 17.2. The zero-order valence-corrected chi connectivity index (χ0v) is 10.2. The predicted molar refractivity (Wildman–Crippen MR) is 66.9 cm³/mol. The van der Waals surface area contributed by atoms with Gasteiger partial charge in [0.1, 0.15) is 5.75 Å². The molecule has 0 heterocycles. The van der Waals surface area contributed by atoms with Crippen molar-refractivity contribution in [1.82, 2.24) is 0 Å². The molecule has 1 aliphatic carbocycles. The van der Waals surface area contributed by atoms with Crippen molar-refractivity contribution in [3.63, 3.8) is 0 Å². The molecule has 0 bridgehead atoms. The third kappa shape index (κ3) is 2.56. The summed E-state index contributed by atoms with van der Waals surface area (Å²) >= 11 is 0. The van der Waals surface area contributed by atoms with Gasteiger partial charge in [0.05, 0.1) is 7.11 Å². The van der Waals surface area contributed by atoms with Gasteiger partial charge in [-0.05, 0) is 48.8 Å². The van der Waals surface area contributed by atoms with E-state index < -0.39 is 0 Å². The van der Waals surface area contributed by atoms with Crippen LogP contribution in [0.15, 0.2) is 18.2 Å². The summed E-state index contributed by atoms with van der Waals surface area (Å²) in [6, 6.07) is 6.83. The molecule has 2 heteroatoms. The SMILES string of the molecule is CC[C@H](N)Cc1ccc(C2CC2)c(OC)c1. The Bertz CT molecular complexity index is 358. The van der Waals surface area contributed by atoms with E-state index in [0.717, 1.165) is 24.5 Å². The van der Waals surface area contributed by atoms with Crippen LogP contribution < -0.4 is 10.5 Å². The summed E-state index contributed by atoms with van der Waals surface area (Å²) < 4.78 is 5.46. The van der Waals surface area contributed by atoms with Gasteiger partial charge in [0, 0.05) is 6.04 Å². The van der Waals surface area contributed by atoms with Crippen molar-refractivity contribution in [2.75, 3.05) is 7.11 Å². The van der Waals surface area contributed by atoms with E-state index in [1.54, 1.807) is 7.11 Å². The molecule has 0 aliphatic heterocycles. The van der Waals surface area contributed by atoms with Gasteiger partial charge >= 0.3 is 0 Å². The summed E-state index contributed by atoms with van der Waals surface area (Å²) in [6.45, 7) is 2.13. The lowest BCUT2D eigenvalue weighted by molar-refractivity contribution is 0.409. The molecular formula is C14H21NO. The molecule has 2 N–H and O–H groups in total. The van der Waals surface area contributed by atoms with Crippen molar-refractivity contribution in [3.05, 3.63) is 29.3 Å². The summed E-state index contributed by atoms with van der Waals surface area (Å²) in [7, 11) is 1.75. The highest BCUT2D eigenvalue weighted by Gasteiger charge is 2.26. The molecule has 0 aromatic heterocycles. The van der Waals surface area contributed by atoms with Crippen LogP contribution in [0, 0.1) is 0 Å². The first kappa shape index (κ1) is 11.5. The average Bonchev–Trinajstić information content (AvgIpc) is 3.12. The number of ether oxygens (including phenoxy) is 1. The van der Waals surface area contributed by atoms with Gasteiger partial charge < -0.3 is 10.5 Å². The Labute approximate surface area is 97.8 Å². The van der Waals surface area contributed by atoms with E-state index in [1.807, 2.05) is 0 Å². The molecule has 2 rings (SSSR count). The first-order valence-corrected chi connectivity index (χ1v) is 6.17. The Morgan fingerprint density at radius 1 is 1.44 bits per heavy atom. The first-order valence-electron chi connectivity index (χ1n) is 6.17. The van der Waals surface area contributed by atoms with Gasteiger partial charge in [0.15, 0.2) is 0 Å².